The summed E-state index contributed by atoms with van der Waals surface area (Å²) < 4.78 is 0.657. The zero-order valence-electron chi connectivity index (χ0n) is 13.0. The summed E-state index contributed by atoms with van der Waals surface area (Å²) in [6, 6.07) is 1.86. The van der Waals surface area contributed by atoms with Crippen molar-refractivity contribution in [3.05, 3.63) is 44.6 Å². The monoisotopic (exact) mass is 315 g/mol. The Morgan fingerprint density at radius 1 is 1.18 bits per heavy atom. The zero-order chi connectivity index (χ0) is 15.9. The highest BCUT2D eigenvalue weighted by molar-refractivity contribution is 7.17. The molecule has 0 spiro atoms. The maximum Gasteiger partial charge on any atom is 0.268 e. The van der Waals surface area contributed by atoms with Crippen molar-refractivity contribution in [3.8, 4) is 0 Å². The molecular weight excluding hydrogens is 298 g/mol. The van der Waals surface area contributed by atoms with E-state index in [0.717, 1.165) is 22.5 Å². The van der Waals surface area contributed by atoms with Gasteiger partial charge in [0.2, 0.25) is 5.95 Å². The Morgan fingerprint density at radius 2 is 1.86 bits per heavy atom. The highest BCUT2D eigenvalue weighted by Crippen LogP contribution is 2.16. The van der Waals surface area contributed by atoms with E-state index in [1.165, 1.54) is 11.3 Å². The van der Waals surface area contributed by atoms with Gasteiger partial charge in [0.1, 0.15) is 10.5 Å². The number of aromatic amines is 1. The van der Waals surface area contributed by atoms with Crippen LogP contribution in [0.4, 0.5) is 5.95 Å². The van der Waals surface area contributed by atoms with Crippen molar-refractivity contribution in [2.45, 2.75) is 27.3 Å². The molecule has 0 saturated heterocycles. The molecule has 3 heterocycles. The summed E-state index contributed by atoms with van der Waals surface area (Å²) in [5.41, 5.74) is 3.66. The first-order chi connectivity index (χ1) is 10.5. The number of rotatable bonds is 3. The fourth-order valence-electron chi connectivity index (χ4n) is 2.22. The zero-order valence-corrected chi connectivity index (χ0v) is 13.8. The predicted molar refractivity (Wildman–Crippen MR) is 88.6 cm³/mol. The van der Waals surface area contributed by atoms with E-state index in [1.807, 2.05) is 44.2 Å². The van der Waals surface area contributed by atoms with E-state index in [1.54, 1.807) is 0 Å². The van der Waals surface area contributed by atoms with E-state index < -0.39 is 0 Å². The Labute approximate surface area is 131 Å². The number of thiophene rings is 1. The van der Waals surface area contributed by atoms with Crippen LogP contribution in [0.5, 0.6) is 0 Å². The molecule has 0 aliphatic rings. The number of aromatic nitrogens is 4. The molecule has 0 fully saturated rings. The fourth-order valence-corrected chi connectivity index (χ4v) is 2.94. The third kappa shape index (κ3) is 2.59. The molecule has 0 atom stereocenters. The standard InChI is InChI=1S/C15H17N5OS/c1-8-9(2)16-15(17-10(8)3)20(4)7-12-18-11-5-6-22-13(11)14(21)19-12/h5-6H,7H2,1-4H3,(H,18,19,21). The second-order valence-electron chi connectivity index (χ2n) is 5.32. The fraction of sp³-hybridized carbons (Fsp3) is 0.333. The van der Waals surface area contributed by atoms with Gasteiger partial charge in [-0.25, -0.2) is 15.0 Å². The Balaban J connectivity index is 1.92. The van der Waals surface area contributed by atoms with Crippen molar-refractivity contribution in [2.75, 3.05) is 11.9 Å². The molecule has 6 nitrogen and oxygen atoms in total. The van der Waals surface area contributed by atoms with E-state index in [2.05, 4.69) is 19.9 Å². The first-order valence-corrected chi connectivity index (χ1v) is 7.83. The average molecular weight is 315 g/mol. The number of fused-ring (bicyclic) bond motifs is 1. The van der Waals surface area contributed by atoms with Crippen molar-refractivity contribution < 1.29 is 0 Å². The van der Waals surface area contributed by atoms with Crippen LogP contribution >= 0.6 is 11.3 Å². The first kappa shape index (κ1) is 14.6. The van der Waals surface area contributed by atoms with Crippen LogP contribution < -0.4 is 10.5 Å². The SMILES string of the molecule is Cc1nc(N(C)Cc2nc3ccsc3c(=O)[nH]2)nc(C)c1C. The van der Waals surface area contributed by atoms with Gasteiger partial charge in [-0.2, -0.15) is 0 Å². The van der Waals surface area contributed by atoms with E-state index in [0.29, 0.717) is 23.0 Å². The van der Waals surface area contributed by atoms with Crippen LogP contribution in [0, 0.1) is 20.8 Å². The molecule has 3 aromatic rings. The first-order valence-electron chi connectivity index (χ1n) is 6.95. The third-order valence-corrected chi connectivity index (χ3v) is 4.62. The number of hydrogen-bond acceptors (Lipinski definition) is 6. The number of H-pyrrole nitrogens is 1. The van der Waals surface area contributed by atoms with Crippen LogP contribution in [0.2, 0.25) is 0 Å². The molecule has 0 amide bonds. The van der Waals surface area contributed by atoms with Crippen LogP contribution in [-0.4, -0.2) is 27.0 Å². The van der Waals surface area contributed by atoms with Crippen LogP contribution in [-0.2, 0) is 6.54 Å². The molecule has 3 rings (SSSR count). The number of nitrogens with one attached hydrogen (secondary N) is 1. The summed E-state index contributed by atoms with van der Waals surface area (Å²) in [5, 5.41) is 1.87. The van der Waals surface area contributed by atoms with E-state index in [4.69, 9.17) is 0 Å². The molecule has 0 bridgehead atoms. The normalized spacial score (nSPS) is 11.1. The molecular formula is C15H17N5OS. The highest BCUT2D eigenvalue weighted by Gasteiger charge is 2.12. The summed E-state index contributed by atoms with van der Waals surface area (Å²) in [6.07, 6.45) is 0. The molecule has 114 valence electrons. The van der Waals surface area contributed by atoms with Gasteiger partial charge in [-0.05, 0) is 37.8 Å². The Morgan fingerprint density at radius 3 is 2.55 bits per heavy atom. The van der Waals surface area contributed by atoms with Crippen LogP contribution in [0.15, 0.2) is 16.2 Å². The van der Waals surface area contributed by atoms with Crippen molar-refractivity contribution in [2.24, 2.45) is 0 Å². The summed E-state index contributed by atoms with van der Waals surface area (Å²) in [4.78, 5) is 30.2. The van der Waals surface area contributed by atoms with Gasteiger partial charge in [-0.15, -0.1) is 11.3 Å². The Bertz CT molecular complexity index is 875. The molecule has 1 N–H and O–H groups in total. The molecule has 0 radical (unpaired) electrons. The van der Waals surface area contributed by atoms with Crippen molar-refractivity contribution in [1.82, 2.24) is 19.9 Å². The average Bonchev–Trinajstić information content (AvgIpc) is 2.93. The van der Waals surface area contributed by atoms with Gasteiger partial charge >= 0.3 is 0 Å². The van der Waals surface area contributed by atoms with Gasteiger partial charge in [-0.3, -0.25) is 4.79 Å². The number of aryl methyl sites for hydroxylation is 2. The predicted octanol–water partition coefficient (Wildman–Crippen LogP) is 2.34. The van der Waals surface area contributed by atoms with E-state index in [-0.39, 0.29) is 5.56 Å². The van der Waals surface area contributed by atoms with Gasteiger partial charge in [0.15, 0.2) is 0 Å². The summed E-state index contributed by atoms with van der Waals surface area (Å²) in [7, 11) is 1.89. The molecule has 0 saturated carbocycles. The second-order valence-corrected chi connectivity index (χ2v) is 6.24. The van der Waals surface area contributed by atoms with Crippen LogP contribution in [0.3, 0.4) is 0 Å². The van der Waals surface area contributed by atoms with E-state index in [9.17, 15) is 4.79 Å². The number of nitrogens with zero attached hydrogens (tertiary/aromatic N) is 4. The molecule has 0 aliphatic carbocycles. The molecule has 22 heavy (non-hydrogen) atoms. The topological polar surface area (TPSA) is 74.8 Å². The van der Waals surface area contributed by atoms with Gasteiger partial charge in [0.05, 0.1) is 12.1 Å². The minimum atomic E-state index is -0.0967. The van der Waals surface area contributed by atoms with Gasteiger partial charge in [-0.1, -0.05) is 0 Å². The number of anilines is 1. The summed E-state index contributed by atoms with van der Waals surface area (Å²) in [5.74, 6) is 1.24. The van der Waals surface area contributed by atoms with Gasteiger partial charge < -0.3 is 9.88 Å². The van der Waals surface area contributed by atoms with Crippen LogP contribution in [0.1, 0.15) is 22.8 Å². The molecule has 0 aliphatic heterocycles. The maximum atomic E-state index is 12.0. The summed E-state index contributed by atoms with van der Waals surface area (Å²) >= 11 is 1.40. The van der Waals surface area contributed by atoms with Gasteiger partial charge in [0, 0.05) is 18.4 Å². The lowest BCUT2D eigenvalue weighted by Crippen LogP contribution is -2.23. The number of hydrogen-bond donors (Lipinski definition) is 1. The Hall–Kier alpha value is -2.28. The summed E-state index contributed by atoms with van der Waals surface area (Å²) in [6.45, 7) is 6.40. The van der Waals surface area contributed by atoms with E-state index >= 15 is 0 Å². The molecule has 3 aromatic heterocycles. The third-order valence-electron chi connectivity index (χ3n) is 3.71. The maximum absolute atomic E-state index is 12.0. The smallest absolute Gasteiger partial charge is 0.268 e. The highest BCUT2D eigenvalue weighted by atomic mass is 32.1. The molecule has 7 heteroatoms. The second kappa shape index (κ2) is 5.49. The quantitative estimate of drug-likeness (QED) is 0.803. The Kier molecular flexibility index (Phi) is 3.66. The molecule has 0 aromatic carbocycles. The minimum absolute atomic E-state index is 0.0967. The van der Waals surface area contributed by atoms with Crippen molar-refractivity contribution >= 4 is 27.5 Å². The van der Waals surface area contributed by atoms with Gasteiger partial charge in [0.25, 0.3) is 5.56 Å². The molecule has 0 unspecified atom stereocenters. The van der Waals surface area contributed by atoms with Crippen molar-refractivity contribution in [1.29, 1.82) is 0 Å². The minimum Gasteiger partial charge on any atom is -0.336 e. The largest absolute Gasteiger partial charge is 0.336 e. The lowest BCUT2D eigenvalue weighted by molar-refractivity contribution is 0.798. The lowest BCUT2D eigenvalue weighted by atomic mass is 10.2. The van der Waals surface area contributed by atoms with Crippen molar-refractivity contribution in [3.63, 3.8) is 0 Å². The van der Waals surface area contributed by atoms with Crippen LogP contribution in [0.25, 0.3) is 10.2 Å². The lowest BCUT2D eigenvalue weighted by Gasteiger charge is -2.18.